The number of thiocarbonyl (C=S) groups is 1. The lowest BCUT2D eigenvalue weighted by Crippen LogP contribution is -2.49. The third-order valence-corrected chi connectivity index (χ3v) is 8.23. The van der Waals surface area contributed by atoms with Crippen molar-refractivity contribution >= 4 is 63.3 Å². The largest absolute Gasteiger partial charge is 0.421 e. The highest BCUT2D eigenvalue weighted by atomic mass is 32.2. The predicted molar refractivity (Wildman–Crippen MR) is 171 cm³/mol. The Balaban J connectivity index is 1.41. The van der Waals surface area contributed by atoms with E-state index < -0.39 is 23.5 Å². The third kappa shape index (κ3) is 8.57. The molecule has 4 rings (SSSR count). The Bertz CT molecular complexity index is 1480. The van der Waals surface area contributed by atoms with Gasteiger partial charge < -0.3 is 30.7 Å². The van der Waals surface area contributed by atoms with Crippen molar-refractivity contribution < 1.29 is 22.8 Å². The Labute approximate surface area is 263 Å². The highest BCUT2D eigenvalue weighted by Crippen LogP contribution is 2.36. The summed E-state index contributed by atoms with van der Waals surface area (Å²) in [6.45, 7) is 3.35. The van der Waals surface area contributed by atoms with Crippen molar-refractivity contribution in [1.82, 2.24) is 30.0 Å². The molecule has 1 aliphatic heterocycles. The van der Waals surface area contributed by atoms with Gasteiger partial charge in [-0.2, -0.15) is 18.2 Å². The lowest BCUT2D eigenvalue weighted by atomic mass is 10.1. The van der Waals surface area contributed by atoms with Gasteiger partial charge in [-0.3, -0.25) is 9.59 Å². The topological polar surface area (TPSA) is 106 Å². The minimum absolute atomic E-state index is 0.104. The number of hydrogen-bond donors (Lipinski definition) is 3. The number of rotatable bonds is 9. The van der Waals surface area contributed by atoms with E-state index in [9.17, 15) is 22.8 Å². The van der Waals surface area contributed by atoms with Crippen LogP contribution >= 0.6 is 24.0 Å². The Kier molecular flexibility index (Phi) is 11.0. The number of benzene rings is 2. The maximum Gasteiger partial charge on any atom is 0.421 e. The van der Waals surface area contributed by atoms with Crippen molar-refractivity contribution in [2.75, 3.05) is 70.3 Å². The van der Waals surface area contributed by atoms with Crippen molar-refractivity contribution in [2.45, 2.75) is 6.18 Å². The van der Waals surface area contributed by atoms with Gasteiger partial charge in [0.1, 0.15) is 15.7 Å². The number of carbonyl (C=O) groups excluding carboxylic acids is 2. The molecule has 15 heteroatoms. The molecule has 0 atom stereocenters. The summed E-state index contributed by atoms with van der Waals surface area (Å²) in [7, 11) is 5.47. The summed E-state index contributed by atoms with van der Waals surface area (Å²) in [6, 6.07) is 12.7. The number of halogens is 3. The molecule has 0 unspecified atom stereocenters. The van der Waals surface area contributed by atoms with E-state index in [1.165, 1.54) is 19.2 Å². The molecular weight excluding hydrogens is 614 g/mol. The molecule has 0 radical (unpaired) electrons. The van der Waals surface area contributed by atoms with Crippen LogP contribution in [0, 0.1) is 0 Å². The van der Waals surface area contributed by atoms with E-state index in [-0.39, 0.29) is 23.1 Å². The number of amides is 2. The molecule has 234 valence electrons. The summed E-state index contributed by atoms with van der Waals surface area (Å²) in [5.41, 5.74) is 0.162. The molecule has 0 spiro atoms. The van der Waals surface area contributed by atoms with Crippen LogP contribution in [0.5, 0.6) is 0 Å². The highest BCUT2D eigenvalue weighted by molar-refractivity contribution is 8.22. The first kappa shape index (κ1) is 33.0. The van der Waals surface area contributed by atoms with Crippen LogP contribution in [0.4, 0.5) is 36.3 Å². The van der Waals surface area contributed by atoms with Crippen LogP contribution in [0.1, 0.15) is 26.3 Å². The van der Waals surface area contributed by atoms with Gasteiger partial charge in [-0.1, -0.05) is 36.1 Å². The third-order valence-electron chi connectivity index (χ3n) is 6.72. The Hall–Kier alpha value is -3.95. The lowest BCUT2D eigenvalue weighted by Gasteiger charge is -2.36. The molecule has 44 heavy (non-hydrogen) atoms. The summed E-state index contributed by atoms with van der Waals surface area (Å²) in [6.07, 6.45) is -4.07. The summed E-state index contributed by atoms with van der Waals surface area (Å²) in [4.78, 5) is 39.2. The summed E-state index contributed by atoms with van der Waals surface area (Å²) < 4.78 is 42.2. The van der Waals surface area contributed by atoms with E-state index in [0.29, 0.717) is 43.6 Å². The van der Waals surface area contributed by atoms with E-state index in [4.69, 9.17) is 12.2 Å². The first-order valence-corrected chi connectivity index (χ1v) is 15.1. The molecule has 10 nitrogen and oxygen atoms in total. The molecule has 1 aromatic heterocycles. The number of carbonyl (C=O) groups is 2. The Morgan fingerprint density at radius 2 is 1.66 bits per heavy atom. The highest BCUT2D eigenvalue weighted by Gasteiger charge is 2.35. The second-order valence-electron chi connectivity index (χ2n) is 10.1. The number of aromatic nitrogens is 2. The Morgan fingerprint density at radius 1 is 1.00 bits per heavy atom. The number of para-hydroxylation sites is 1. The smallest absolute Gasteiger partial charge is 0.355 e. The van der Waals surface area contributed by atoms with Crippen LogP contribution in [0.2, 0.25) is 0 Å². The van der Waals surface area contributed by atoms with Gasteiger partial charge in [-0.05, 0) is 50.5 Å². The predicted octanol–water partition coefficient (Wildman–Crippen LogP) is 4.68. The fourth-order valence-electron chi connectivity index (χ4n) is 4.30. The number of nitrogens with one attached hydrogen (secondary N) is 3. The van der Waals surface area contributed by atoms with Gasteiger partial charge in [-0.25, -0.2) is 4.98 Å². The Morgan fingerprint density at radius 3 is 2.30 bits per heavy atom. The fourth-order valence-corrected chi connectivity index (χ4v) is 5.73. The van der Waals surface area contributed by atoms with E-state index in [0.717, 1.165) is 16.6 Å². The average Bonchev–Trinajstić information content (AvgIpc) is 3.00. The van der Waals surface area contributed by atoms with Gasteiger partial charge in [0.25, 0.3) is 11.8 Å². The van der Waals surface area contributed by atoms with Crippen molar-refractivity contribution in [3.8, 4) is 0 Å². The molecule has 2 amide bonds. The molecule has 1 saturated heterocycles. The standard InChI is InChI=1S/C29H33F3N8O2S2/c1-33-25(41)21-6-4-5-7-23(21)36-24-22(29(30,31)32)18-34-27(37-24)35-20-10-8-19(9-11-20)26(42)39-12-14-40(15-13-39)28(43)44-17-16-38(2)3/h4-11,18H,12-17H2,1-3H3,(H,33,41)(H2,34,35,36,37). The van der Waals surface area contributed by atoms with Crippen LogP contribution < -0.4 is 16.0 Å². The molecular formula is C29H33F3N8O2S2. The molecule has 2 heterocycles. The number of thioether (sulfide) groups is 1. The van der Waals surface area contributed by atoms with Gasteiger partial charge in [0, 0.05) is 63.0 Å². The van der Waals surface area contributed by atoms with Crippen LogP contribution in [-0.2, 0) is 6.18 Å². The number of anilines is 4. The van der Waals surface area contributed by atoms with Crippen LogP contribution in [0.3, 0.4) is 0 Å². The molecule has 1 fully saturated rings. The molecule has 0 aliphatic carbocycles. The summed E-state index contributed by atoms with van der Waals surface area (Å²) in [5.74, 6) is -0.301. The van der Waals surface area contributed by atoms with Crippen molar-refractivity contribution in [3.63, 3.8) is 0 Å². The number of alkyl halides is 3. The minimum Gasteiger partial charge on any atom is -0.355 e. The van der Waals surface area contributed by atoms with Crippen LogP contribution in [0.15, 0.2) is 54.7 Å². The maximum atomic E-state index is 13.8. The summed E-state index contributed by atoms with van der Waals surface area (Å²) >= 11 is 7.20. The zero-order chi connectivity index (χ0) is 31.9. The van der Waals surface area contributed by atoms with E-state index in [1.807, 2.05) is 14.1 Å². The van der Waals surface area contributed by atoms with Crippen LogP contribution in [-0.4, -0.2) is 100 Å². The normalized spacial score (nSPS) is 13.5. The van der Waals surface area contributed by atoms with E-state index >= 15 is 0 Å². The number of nitrogens with zero attached hydrogens (tertiary/aromatic N) is 5. The van der Waals surface area contributed by atoms with Crippen molar-refractivity contribution in [1.29, 1.82) is 0 Å². The zero-order valence-corrected chi connectivity index (χ0v) is 26.1. The first-order valence-electron chi connectivity index (χ1n) is 13.7. The monoisotopic (exact) mass is 646 g/mol. The molecule has 1 aliphatic rings. The minimum atomic E-state index is -4.74. The fraction of sp³-hybridized carbons (Fsp3) is 0.345. The molecule has 2 aromatic carbocycles. The lowest BCUT2D eigenvalue weighted by molar-refractivity contribution is -0.137. The van der Waals surface area contributed by atoms with E-state index in [1.54, 1.807) is 53.1 Å². The van der Waals surface area contributed by atoms with Gasteiger partial charge >= 0.3 is 6.18 Å². The average molecular weight is 647 g/mol. The SMILES string of the molecule is CNC(=O)c1ccccc1Nc1nc(Nc2ccc(C(=O)N3CCN(C(=S)SCCN(C)C)CC3)cc2)ncc1C(F)(F)F. The van der Waals surface area contributed by atoms with E-state index in [2.05, 4.69) is 35.7 Å². The second-order valence-corrected chi connectivity index (χ2v) is 11.8. The summed E-state index contributed by atoms with van der Waals surface area (Å²) in [5, 5.41) is 7.98. The van der Waals surface area contributed by atoms with Gasteiger partial charge in [-0.15, -0.1) is 0 Å². The number of piperazine rings is 1. The van der Waals surface area contributed by atoms with Crippen LogP contribution in [0.25, 0.3) is 0 Å². The maximum absolute atomic E-state index is 13.8. The van der Waals surface area contributed by atoms with Crippen molar-refractivity contribution in [2.24, 2.45) is 0 Å². The zero-order valence-electron chi connectivity index (χ0n) is 24.4. The van der Waals surface area contributed by atoms with Gasteiger partial charge in [0.05, 0.1) is 11.3 Å². The van der Waals surface area contributed by atoms with Gasteiger partial charge in [0.2, 0.25) is 5.95 Å². The quantitative estimate of drug-likeness (QED) is 0.284. The molecule has 3 aromatic rings. The second kappa shape index (κ2) is 14.7. The molecule has 0 saturated carbocycles. The molecule has 3 N–H and O–H groups in total. The number of hydrogen-bond acceptors (Lipinski definition) is 9. The van der Waals surface area contributed by atoms with Gasteiger partial charge in [0.15, 0.2) is 0 Å². The first-order chi connectivity index (χ1) is 21.0. The van der Waals surface area contributed by atoms with Crippen molar-refractivity contribution in [3.05, 3.63) is 71.4 Å². The molecule has 0 bridgehead atoms.